The predicted octanol–water partition coefficient (Wildman–Crippen LogP) is 4.11. The number of nitrogens with zero attached hydrogens (tertiary/aromatic N) is 3. The fourth-order valence-electron chi connectivity index (χ4n) is 1.76. The van der Waals surface area contributed by atoms with Gasteiger partial charge in [-0.2, -0.15) is 0 Å². The van der Waals surface area contributed by atoms with Crippen molar-refractivity contribution < 1.29 is 4.79 Å². The standard InChI is InChI=1S/C14H13Cl2N3OS/c1-2-21-11-5-6-12(15)19-13(11)10(20)4-3-9-14(16)18-8-7-17-9/h5-8H,2-4H2,1H3. The molecule has 2 heterocycles. The second kappa shape index (κ2) is 7.73. The second-order valence-corrected chi connectivity index (χ2v) is 6.18. The summed E-state index contributed by atoms with van der Waals surface area (Å²) in [5.74, 6) is 0.787. The number of ketones is 1. The van der Waals surface area contributed by atoms with Crippen molar-refractivity contribution in [2.45, 2.75) is 24.7 Å². The quantitative estimate of drug-likeness (QED) is 0.449. The summed E-state index contributed by atoms with van der Waals surface area (Å²) < 4.78 is 0. The molecule has 7 heteroatoms. The van der Waals surface area contributed by atoms with E-state index < -0.39 is 0 Å². The highest BCUT2D eigenvalue weighted by atomic mass is 35.5. The molecule has 0 N–H and O–H groups in total. The number of hydrogen-bond donors (Lipinski definition) is 0. The van der Waals surface area contributed by atoms with Crippen molar-refractivity contribution in [3.63, 3.8) is 0 Å². The number of pyridine rings is 1. The summed E-state index contributed by atoms with van der Waals surface area (Å²) in [5.41, 5.74) is 1.02. The van der Waals surface area contributed by atoms with E-state index in [-0.39, 0.29) is 12.2 Å². The number of carbonyl (C=O) groups is 1. The lowest BCUT2D eigenvalue weighted by atomic mass is 10.1. The molecule has 110 valence electrons. The summed E-state index contributed by atoms with van der Waals surface area (Å²) in [4.78, 5) is 25.4. The van der Waals surface area contributed by atoms with Gasteiger partial charge < -0.3 is 0 Å². The van der Waals surface area contributed by atoms with Crippen LogP contribution in [-0.4, -0.2) is 26.5 Å². The molecule has 0 aliphatic carbocycles. The minimum atomic E-state index is -0.0739. The van der Waals surface area contributed by atoms with E-state index in [2.05, 4.69) is 15.0 Å². The van der Waals surface area contributed by atoms with Gasteiger partial charge in [-0.15, -0.1) is 11.8 Å². The topological polar surface area (TPSA) is 55.7 Å². The van der Waals surface area contributed by atoms with Crippen LogP contribution in [0.3, 0.4) is 0 Å². The van der Waals surface area contributed by atoms with E-state index in [0.29, 0.717) is 28.1 Å². The molecule has 21 heavy (non-hydrogen) atoms. The smallest absolute Gasteiger partial charge is 0.182 e. The van der Waals surface area contributed by atoms with E-state index >= 15 is 0 Å². The van der Waals surface area contributed by atoms with Crippen LogP contribution in [0.5, 0.6) is 0 Å². The Labute approximate surface area is 137 Å². The molecule has 0 atom stereocenters. The normalized spacial score (nSPS) is 10.6. The molecule has 0 aromatic carbocycles. The molecular formula is C14H13Cl2N3OS. The lowest BCUT2D eigenvalue weighted by molar-refractivity contribution is 0.0974. The summed E-state index contributed by atoms with van der Waals surface area (Å²) >= 11 is 13.4. The van der Waals surface area contributed by atoms with Crippen molar-refractivity contribution in [2.24, 2.45) is 0 Å². The Morgan fingerprint density at radius 3 is 2.71 bits per heavy atom. The zero-order chi connectivity index (χ0) is 15.2. The van der Waals surface area contributed by atoms with E-state index in [1.54, 1.807) is 24.0 Å². The lowest BCUT2D eigenvalue weighted by Crippen LogP contribution is -2.07. The molecular weight excluding hydrogens is 329 g/mol. The van der Waals surface area contributed by atoms with Crippen LogP contribution in [0.25, 0.3) is 0 Å². The molecule has 2 rings (SSSR count). The van der Waals surface area contributed by atoms with E-state index in [1.807, 2.05) is 13.0 Å². The Balaban J connectivity index is 2.13. The second-order valence-electron chi connectivity index (χ2n) is 4.13. The average molecular weight is 342 g/mol. The Morgan fingerprint density at radius 1 is 1.24 bits per heavy atom. The maximum Gasteiger partial charge on any atom is 0.182 e. The van der Waals surface area contributed by atoms with Gasteiger partial charge in [0.1, 0.15) is 16.0 Å². The highest BCUT2D eigenvalue weighted by molar-refractivity contribution is 7.99. The summed E-state index contributed by atoms with van der Waals surface area (Å²) in [6.07, 6.45) is 3.77. The fourth-order valence-corrected chi connectivity index (χ4v) is 2.88. The van der Waals surface area contributed by atoms with Gasteiger partial charge in [-0.1, -0.05) is 30.1 Å². The molecule has 0 spiro atoms. The molecule has 4 nitrogen and oxygen atoms in total. The van der Waals surface area contributed by atoms with Gasteiger partial charge in [-0.25, -0.2) is 9.97 Å². The Kier molecular flexibility index (Phi) is 5.96. The summed E-state index contributed by atoms with van der Waals surface area (Å²) in [5, 5.41) is 0.642. The van der Waals surface area contributed by atoms with E-state index in [9.17, 15) is 4.79 Å². The molecule has 0 fully saturated rings. The number of rotatable bonds is 6. The molecule has 0 radical (unpaired) electrons. The van der Waals surface area contributed by atoms with Gasteiger partial charge in [0, 0.05) is 30.1 Å². The van der Waals surface area contributed by atoms with Crippen molar-refractivity contribution in [2.75, 3.05) is 5.75 Å². The Bertz CT molecular complexity index is 652. The Morgan fingerprint density at radius 2 is 2.00 bits per heavy atom. The van der Waals surface area contributed by atoms with Crippen molar-refractivity contribution in [1.82, 2.24) is 15.0 Å². The molecule has 0 unspecified atom stereocenters. The van der Waals surface area contributed by atoms with Gasteiger partial charge in [-0.05, 0) is 17.9 Å². The third-order valence-corrected chi connectivity index (χ3v) is 4.16. The third-order valence-electron chi connectivity index (χ3n) is 2.70. The number of aryl methyl sites for hydroxylation is 1. The van der Waals surface area contributed by atoms with Crippen molar-refractivity contribution in [1.29, 1.82) is 0 Å². The van der Waals surface area contributed by atoms with Crippen LogP contribution in [0.1, 0.15) is 29.5 Å². The van der Waals surface area contributed by atoms with Crippen molar-refractivity contribution in [3.05, 3.63) is 46.2 Å². The van der Waals surface area contributed by atoms with Crippen LogP contribution in [0, 0.1) is 0 Å². The molecule has 2 aromatic heterocycles. The van der Waals surface area contributed by atoms with Crippen molar-refractivity contribution in [3.8, 4) is 0 Å². The first-order chi connectivity index (χ1) is 10.1. The SMILES string of the molecule is CCSc1ccc(Cl)nc1C(=O)CCc1nccnc1Cl. The maximum absolute atomic E-state index is 12.4. The average Bonchev–Trinajstić information content (AvgIpc) is 2.48. The van der Waals surface area contributed by atoms with Crippen LogP contribution >= 0.6 is 35.0 Å². The maximum atomic E-state index is 12.4. The number of hydrogen-bond acceptors (Lipinski definition) is 5. The van der Waals surface area contributed by atoms with Crippen molar-refractivity contribution >= 4 is 40.7 Å². The molecule has 0 amide bonds. The monoisotopic (exact) mass is 341 g/mol. The van der Waals surface area contributed by atoms with Gasteiger partial charge in [-0.3, -0.25) is 9.78 Å². The molecule has 0 saturated heterocycles. The van der Waals surface area contributed by atoms with Gasteiger partial charge >= 0.3 is 0 Å². The number of aromatic nitrogens is 3. The number of halogens is 2. The Hall–Kier alpha value is -1.17. The van der Waals surface area contributed by atoms with Gasteiger partial charge in [0.2, 0.25) is 0 Å². The molecule has 0 aliphatic rings. The first-order valence-corrected chi connectivity index (χ1v) is 8.14. The molecule has 0 saturated carbocycles. The number of Topliss-reactive ketones (excluding diaryl/α,β-unsaturated/α-hetero) is 1. The fraction of sp³-hybridized carbons (Fsp3) is 0.286. The third kappa shape index (κ3) is 4.40. The lowest BCUT2D eigenvalue weighted by Gasteiger charge is -2.07. The zero-order valence-electron chi connectivity index (χ0n) is 11.3. The number of thioether (sulfide) groups is 1. The van der Waals surface area contributed by atoms with E-state index in [1.165, 1.54) is 6.20 Å². The van der Waals surface area contributed by atoms with Crippen LogP contribution < -0.4 is 0 Å². The zero-order valence-corrected chi connectivity index (χ0v) is 13.7. The van der Waals surface area contributed by atoms with Gasteiger partial charge in [0.05, 0.1) is 5.69 Å². The van der Waals surface area contributed by atoms with Crippen LogP contribution in [0.4, 0.5) is 0 Å². The van der Waals surface area contributed by atoms with E-state index in [0.717, 1.165) is 10.6 Å². The first kappa shape index (κ1) is 16.2. The van der Waals surface area contributed by atoms with Gasteiger partial charge in [0.25, 0.3) is 0 Å². The minimum Gasteiger partial charge on any atom is -0.292 e. The van der Waals surface area contributed by atoms with Crippen LogP contribution in [0.2, 0.25) is 10.3 Å². The molecule has 0 aliphatic heterocycles. The largest absolute Gasteiger partial charge is 0.292 e. The van der Waals surface area contributed by atoms with E-state index in [4.69, 9.17) is 23.2 Å². The van der Waals surface area contributed by atoms with Crippen LogP contribution in [0.15, 0.2) is 29.4 Å². The predicted molar refractivity (Wildman–Crippen MR) is 85.3 cm³/mol. The summed E-state index contributed by atoms with van der Waals surface area (Å²) in [6.45, 7) is 2.02. The highest BCUT2D eigenvalue weighted by Crippen LogP contribution is 2.24. The summed E-state index contributed by atoms with van der Waals surface area (Å²) in [6, 6.07) is 3.52. The highest BCUT2D eigenvalue weighted by Gasteiger charge is 2.15. The van der Waals surface area contributed by atoms with Gasteiger partial charge in [0.15, 0.2) is 5.78 Å². The molecule has 2 aromatic rings. The first-order valence-electron chi connectivity index (χ1n) is 6.39. The van der Waals surface area contributed by atoms with Crippen LogP contribution in [-0.2, 0) is 6.42 Å². The summed E-state index contributed by atoms with van der Waals surface area (Å²) in [7, 11) is 0. The molecule has 0 bridgehead atoms. The number of carbonyl (C=O) groups excluding carboxylic acids is 1. The minimum absolute atomic E-state index is 0.0739.